The largest absolute Gasteiger partial charge is 0.505 e. The molecule has 0 saturated heterocycles. The third-order valence-electron chi connectivity index (χ3n) is 3.97. The van der Waals surface area contributed by atoms with Gasteiger partial charge in [0.2, 0.25) is 0 Å². The summed E-state index contributed by atoms with van der Waals surface area (Å²) in [5.74, 6) is 0.867. The monoisotopic (exact) mass is 361 g/mol. The molecule has 0 unspecified atom stereocenters. The molecule has 3 aromatic heterocycles. The maximum absolute atomic E-state index is 11.8. The van der Waals surface area contributed by atoms with E-state index in [0.717, 1.165) is 11.1 Å². The smallest absolute Gasteiger partial charge is 0.271 e. The van der Waals surface area contributed by atoms with Crippen molar-refractivity contribution in [3.63, 3.8) is 0 Å². The van der Waals surface area contributed by atoms with Crippen LogP contribution in [0.15, 0.2) is 48.8 Å². The highest BCUT2D eigenvalue weighted by molar-refractivity contribution is 5.92. The van der Waals surface area contributed by atoms with Crippen molar-refractivity contribution in [2.75, 3.05) is 7.05 Å². The molecule has 0 atom stereocenters. The van der Waals surface area contributed by atoms with Crippen LogP contribution in [0.1, 0.15) is 21.9 Å². The molecule has 1 amide bonds. The third-order valence-corrected chi connectivity index (χ3v) is 3.97. The van der Waals surface area contributed by atoms with Gasteiger partial charge in [-0.3, -0.25) is 4.79 Å². The summed E-state index contributed by atoms with van der Waals surface area (Å²) in [5.41, 5.74) is 2.64. The van der Waals surface area contributed by atoms with E-state index >= 15 is 0 Å². The lowest BCUT2D eigenvalue weighted by atomic mass is 10.1. The Balaban J connectivity index is 1.67. The van der Waals surface area contributed by atoms with Crippen LogP contribution in [0.2, 0.25) is 0 Å². The van der Waals surface area contributed by atoms with Gasteiger partial charge < -0.3 is 10.4 Å². The van der Waals surface area contributed by atoms with Crippen molar-refractivity contribution in [1.82, 2.24) is 35.1 Å². The SMILES string of the molecule is CNC(=O)c1ccc2nnc(Cc3cccc(-c4ncc(O)cn4)c3)n2n1. The summed E-state index contributed by atoms with van der Waals surface area (Å²) in [6.45, 7) is 0. The Kier molecular flexibility index (Phi) is 4.17. The van der Waals surface area contributed by atoms with Crippen molar-refractivity contribution < 1.29 is 9.90 Å². The lowest BCUT2D eigenvalue weighted by Crippen LogP contribution is -2.20. The van der Waals surface area contributed by atoms with E-state index < -0.39 is 0 Å². The number of hydrogen-bond acceptors (Lipinski definition) is 7. The number of benzene rings is 1. The minimum Gasteiger partial charge on any atom is -0.505 e. The molecule has 0 radical (unpaired) electrons. The van der Waals surface area contributed by atoms with E-state index in [-0.39, 0.29) is 17.4 Å². The summed E-state index contributed by atoms with van der Waals surface area (Å²) in [7, 11) is 1.55. The predicted molar refractivity (Wildman–Crippen MR) is 96.1 cm³/mol. The normalized spacial score (nSPS) is 10.9. The Morgan fingerprint density at radius 1 is 1.15 bits per heavy atom. The second-order valence-electron chi connectivity index (χ2n) is 5.83. The average Bonchev–Trinajstić information content (AvgIpc) is 3.10. The number of fused-ring (bicyclic) bond motifs is 1. The molecule has 3 heterocycles. The van der Waals surface area contributed by atoms with E-state index in [1.165, 1.54) is 12.4 Å². The predicted octanol–water partition coefficient (Wildman–Crippen LogP) is 1.24. The summed E-state index contributed by atoms with van der Waals surface area (Å²) in [6, 6.07) is 11.0. The summed E-state index contributed by atoms with van der Waals surface area (Å²) >= 11 is 0. The van der Waals surface area contributed by atoms with Crippen molar-refractivity contribution in [1.29, 1.82) is 0 Å². The highest BCUT2D eigenvalue weighted by Crippen LogP contribution is 2.19. The van der Waals surface area contributed by atoms with E-state index in [9.17, 15) is 9.90 Å². The molecule has 0 aliphatic carbocycles. The Morgan fingerprint density at radius 3 is 2.74 bits per heavy atom. The van der Waals surface area contributed by atoms with E-state index in [1.54, 1.807) is 23.7 Å². The zero-order chi connectivity index (χ0) is 18.8. The van der Waals surface area contributed by atoms with Crippen molar-refractivity contribution in [3.05, 3.63) is 65.9 Å². The van der Waals surface area contributed by atoms with Gasteiger partial charge in [-0.15, -0.1) is 10.2 Å². The van der Waals surface area contributed by atoms with Crippen LogP contribution < -0.4 is 5.32 Å². The number of hydrogen-bond donors (Lipinski definition) is 2. The van der Waals surface area contributed by atoms with Crippen molar-refractivity contribution in [3.8, 4) is 17.1 Å². The van der Waals surface area contributed by atoms with Gasteiger partial charge >= 0.3 is 0 Å². The average molecular weight is 361 g/mol. The first-order valence-corrected chi connectivity index (χ1v) is 8.18. The molecule has 9 nitrogen and oxygen atoms in total. The molecule has 27 heavy (non-hydrogen) atoms. The summed E-state index contributed by atoms with van der Waals surface area (Å²) in [4.78, 5) is 20.1. The number of rotatable bonds is 4. The zero-order valence-corrected chi connectivity index (χ0v) is 14.4. The number of nitrogens with zero attached hydrogens (tertiary/aromatic N) is 6. The lowest BCUT2D eigenvalue weighted by molar-refractivity contribution is 0.0957. The van der Waals surface area contributed by atoms with Crippen LogP contribution in [0.3, 0.4) is 0 Å². The molecular formula is C18H15N7O2. The van der Waals surface area contributed by atoms with Gasteiger partial charge in [0, 0.05) is 19.0 Å². The molecule has 0 fully saturated rings. The van der Waals surface area contributed by atoms with Crippen LogP contribution in [0.5, 0.6) is 5.75 Å². The van der Waals surface area contributed by atoms with Crippen LogP contribution in [0.4, 0.5) is 0 Å². The Bertz CT molecular complexity index is 1120. The molecule has 134 valence electrons. The molecule has 9 heteroatoms. The van der Waals surface area contributed by atoms with Crippen molar-refractivity contribution in [2.24, 2.45) is 0 Å². The molecule has 0 spiro atoms. The van der Waals surface area contributed by atoms with Crippen LogP contribution in [-0.4, -0.2) is 47.8 Å². The van der Waals surface area contributed by atoms with E-state index in [1.807, 2.05) is 24.3 Å². The van der Waals surface area contributed by atoms with E-state index in [4.69, 9.17) is 0 Å². The van der Waals surface area contributed by atoms with Crippen LogP contribution in [0.25, 0.3) is 17.0 Å². The van der Waals surface area contributed by atoms with Gasteiger partial charge in [-0.25, -0.2) is 9.97 Å². The minimum atomic E-state index is -0.275. The number of nitrogens with one attached hydrogen (secondary N) is 1. The fourth-order valence-electron chi connectivity index (χ4n) is 2.67. The zero-order valence-electron chi connectivity index (χ0n) is 14.4. The second-order valence-corrected chi connectivity index (χ2v) is 5.83. The first kappa shape index (κ1) is 16.6. The van der Waals surface area contributed by atoms with Gasteiger partial charge in [-0.05, 0) is 23.8 Å². The topological polar surface area (TPSA) is 118 Å². The molecular weight excluding hydrogens is 346 g/mol. The number of aromatic hydroxyl groups is 1. The first-order chi connectivity index (χ1) is 13.1. The summed E-state index contributed by atoms with van der Waals surface area (Å²) in [6.07, 6.45) is 3.17. The van der Waals surface area contributed by atoms with Gasteiger partial charge in [0.15, 0.2) is 23.0 Å². The molecule has 0 saturated carbocycles. The summed E-state index contributed by atoms with van der Waals surface area (Å²) < 4.78 is 1.56. The van der Waals surface area contributed by atoms with Gasteiger partial charge in [0.1, 0.15) is 5.69 Å². The number of aromatic nitrogens is 6. The Labute approximate surface area is 153 Å². The van der Waals surface area contributed by atoms with Gasteiger partial charge in [0.25, 0.3) is 5.91 Å². The Morgan fingerprint density at radius 2 is 1.96 bits per heavy atom. The number of carbonyl (C=O) groups excluding carboxylic acids is 1. The quantitative estimate of drug-likeness (QED) is 0.561. The molecule has 0 aliphatic rings. The fourth-order valence-corrected chi connectivity index (χ4v) is 2.67. The molecule has 0 aliphatic heterocycles. The van der Waals surface area contributed by atoms with Crippen molar-refractivity contribution >= 4 is 11.6 Å². The molecule has 4 rings (SSSR count). The first-order valence-electron chi connectivity index (χ1n) is 8.18. The van der Waals surface area contributed by atoms with Gasteiger partial charge in [-0.1, -0.05) is 18.2 Å². The molecule has 4 aromatic rings. The lowest BCUT2D eigenvalue weighted by Gasteiger charge is -2.05. The highest BCUT2D eigenvalue weighted by Gasteiger charge is 2.12. The molecule has 2 N–H and O–H groups in total. The minimum absolute atomic E-state index is 0.0165. The van der Waals surface area contributed by atoms with Gasteiger partial charge in [-0.2, -0.15) is 9.61 Å². The third kappa shape index (κ3) is 3.30. The number of carbonyl (C=O) groups is 1. The van der Waals surface area contributed by atoms with Crippen LogP contribution in [0, 0.1) is 0 Å². The molecule has 1 aromatic carbocycles. The van der Waals surface area contributed by atoms with E-state index in [2.05, 4.69) is 30.6 Å². The van der Waals surface area contributed by atoms with E-state index in [0.29, 0.717) is 23.7 Å². The summed E-state index contributed by atoms with van der Waals surface area (Å²) in [5, 5.41) is 24.5. The van der Waals surface area contributed by atoms with Crippen LogP contribution >= 0.6 is 0 Å². The van der Waals surface area contributed by atoms with Gasteiger partial charge in [0.05, 0.1) is 12.4 Å². The molecule has 0 bridgehead atoms. The number of amides is 1. The highest BCUT2D eigenvalue weighted by atomic mass is 16.3. The Hall–Kier alpha value is -3.88. The van der Waals surface area contributed by atoms with Crippen LogP contribution in [-0.2, 0) is 6.42 Å². The maximum atomic E-state index is 11.8. The van der Waals surface area contributed by atoms with Crippen molar-refractivity contribution in [2.45, 2.75) is 6.42 Å². The fraction of sp³-hybridized carbons (Fsp3) is 0.111. The second kappa shape index (κ2) is 6.79. The standard InChI is InChI=1S/C18H15N7O2/c1-19-18(27)14-5-6-15-22-23-16(25(15)24-14)8-11-3-2-4-12(7-11)17-20-9-13(26)10-21-17/h2-7,9-10,26H,8H2,1H3,(H,19,27). The maximum Gasteiger partial charge on any atom is 0.271 e.